The topological polar surface area (TPSA) is 107 Å². The molecular weight excluding hydrogens is 452 g/mol. The number of carbonyl (C=O) groups is 1. The molecule has 1 aromatic heterocycles. The van der Waals surface area contributed by atoms with E-state index in [1.165, 1.54) is 37.6 Å². The summed E-state index contributed by atoms with van der Waals surface area (Å²) in [5, 5.41) is 21.4. The van der Waals surface area contributed by atoms with Crippen LogP contribution < -0.4 is 19.7 Å². The van der Waals surface area contributed by atoms with Crippen LogP contribution in [0.5, 0.6) is 5.88 Å². The molecule has 8 nitrogen and oxygen atoms in total. The fourth-order valence-corrected chi connectivity index (χ4v) is 4.70. The Hall–Kier alpha value is -2.49. The van der Waals surface area contributed by atoms with E-state index in [2.05, 4.69) is 19.9 Å². The number of piperidine rings is 1. The number of hydrogen-bond donors (Lipinski definition) is 4. The average Bonchev–Trinajstić information content (AvgIpc) is 3.58. The molecule has 184 valence electrons. The van der Waals surface area contributed by atoms with Gasteiger partial charge in [0, 0.05) is 37.0 Å². The maximum absolute atomic E-state index is 13.3. The summed E-state index contributed by atoms with van der Waals surface area (Å²) in [6.07, 6.45) is 5.06. The summed E-state index contributed by atoms with van der Waals surface area (Å²) in [4.78, 5) is 20.0. The van der Waals surface area contributed by atoms with Crippen LogP contribution in [0, 0.1) is 5.41 Å². The molecule has 1 saturated heterocycles. The molecule has 0 radical (unpaired) electrons. The van der Waals surface area contributed by atoms with Gasteiger partial charge in [0.25, 0.3) is 5.91 Å². The minimum atomic E-state index is -0.439. The number of pyridine rings is 1. The fourth-order valence-electron chi connectivity index (χ4n) is 4.21. The lowest BCUT2D eigenvalue weighted by Gasteiger charge is -2.35. The molecule has 1 spiro atoms. The standard InChI is InChI=1S/C25H34N4O4S/c1-18(31)7-15-33-23-4-2-3-22(26-23)27-24(32)20-6-5-19(28-34-16-14-30)17-21(20)29-12-10-25(8-9-25)11-13-29/h2-6,17-18,28,30-31H,7-16H2,1H3,(H,26,27,32). The zero-order valence-corrected chi connectivity index (χ0v) is 20.4. The summed E-state index contributed by atoms with van der Waals surface area (Å²) in [6.45, 7) is 4.06. The molecule has 2 heterocycles. The summed E-state index contributed by atoms with van der Waals surface area (Å²) < 4.78 is 8.85. The van der Waals surface area contributed by atoms with Gasteiger partial charge in [0.05, 0.1) is 30.6 Å². The van der Waals surface area contributed by atoms with Crippen molar-refractivity contribution in [1.29, 1.82) is 0 Å². The van der Waals surface area contributed by atoms with Crippen molar-refractivity contribution in [2.24, 2.45) is 5.41 Å². The van der Waals surface area contributed by atoms with Crippen LogP contribution in [0.2, 0.25) is 0 Å². The molecule has 2 aromatic rings. The highest BCUT2D eigenvalue weighted by molar-refractivity contribution is 8.00. The second kappa shape index (κ2) is 11.3. The Labute approximate surface area is 205 Å². The van der Waals surface area contributed by atoms with Crippen LogP contribution in [0.25, 0.3) is 0 Å². The number of benzene rings is 1. The Kier molecular flexibility index (Phi) is 8.18. The van der Waals surface area contributed by atoms with Crippen LogP contribution in [0.15, 0.2) is 36.4 Å². The lowest BCUT2D eigenvalue weighted by Crippen LogP contribution is -2.35. The number of nitrogens with one attached hydrogen (secondary N) is 2. The zero-order chi connectivity index (χ0) is 24.0. The normalized spacial score (nSPS) is 17.3. The third-order valence-corrected chi connectivity index (χ3v) is 7.27. The smallest absolute Gasteiger partial charge is 0.258 e. The minimum Gasteiger partial charge on any atom is -0.478 e. The number of ether oxygens (including phenoxy) is 1. The molecule has 1 saturated carbocycles. The molecule has 1 aromatic carbocycles. The van der Waals surface area contributed by atoms with E-state index in [1.807, 2.05) is 18.2 Å². The molecule has 1 atom stereocenters. The Morgan fingerprint density at radius 1 is 1.24 bits per heavy atom. The van der Waals surface area contributed by atoms with E-state index in [0.717, 1.165) is 24.5 Å². The van der Waals surface area contributed by atoms with Gasteiger partial charge in [-0.25, -0.2) is 0 Å². The molecule has 1 unspecified atom stereocenters. The van der Waals surface area contributed by atoms with E-state index < -0.39 is 6.10 Å². The first-order valence-corrected chi connectivity index (χ1v) is 12.9. The number of aliphatic hydroxyl groups is 2. The number of nitrogens with zero attached hydrogens (tertiary/aromatic N) is 2. The second-order valence-electron chi connectivity index (χ2n) is 9.19. The third-order valence-electron chi connectivity index (χ3n) is 6.50. The maximum atomic E-state index is 13.3. The molecule has 1 aliphatic carbocycles. The minimum absolute atomic E-state index is 0.105. The average molecular weight is 487 g/mol. The molecule has 9 heteroatoms. The predicted molar refractivity (Wildman–Crippen MR) is 137 cm³/mol. The molecule has 34 heavy (non-hydrogen) atoms. The highest BCUT2D eigenvalue weighted by Gasteiger charge is 2.44. The number of aliphatic hydroxyl groups excluding tert-OH is 2. The van der Waals surface area contributed by atoms with Gasteiger partial charge >= 0.3 is 0 Å². The summed E-state index contributed by atoms with van der Waals surface area (Å²) in [5.41, 5.74) is 2.96. The number of aromatic nitrogens is 1. The monoisotopic (exact) mass is 486 g/mol. The van der Waals surface area contributed by atoms with Crippen molar-refractivity contribution in [2.45, 2.75) is 45.1 Å². The maximum Gasteiger partial charge on any atom is 0.258 e. The van der Waals surface area contributed by atoms with Crippen LogP contribution in [0.3, 0.4) is 0 Å². The van der Waals surface area contributed by atoms with Gasteiger partial charge in [-0.05, 0) is 62.3 Å². The fraction of sp³-hybridized carbons (Fsp3) is 0.520. The highest BCUT2D eigenvalue weighted by Crippen LogP contribution is 2.54. The van der Waals surface area contributed by atoms with Gasteiger partial charge < -0.3 is 29.9 Å². The lowest BCUT2D eigenvalue weighted by atomic mass is 9.93. The first-order valence-electron chi connectivity index (χ1n) is 11.9. The second-order valence-corrected chi connectivity index (χ2v) is 10.1. The van der Waals surface area contributed by atoms with Gasteiger partial charge in [-0.2, -0.15) is 4.98 Å². The van der Waals surface area contributed by atoms with Gasteiger partial charge in [0.15, 0.2) is 0 Å². The molecule has 2 fully saturated rings. The SMILES string of the molecule is CC(O)CCOc1cccc(NC(=O)c2ccc(NSCCO)cc2N2CCC3(CC2)CC3)n1. The van der Waals surface area contributed by atoms with Gasteiger partial charge in [-0.3, -0.25) is 4.79 Å². The zero-order valence-electron chi connectivity index (χ0n) is 19.6. The number of hydrogen-bond acceptors (Lipinski definition) is 8. The number of amides is 1. The van der Waals surface area contributed by atoms with Crippen molar-refractivity contribution in [1.82, 2.24) is 4.98 Å². The first kappa shape index (κ1) is 24.6. The van der Waals surface area contributed by atoms with E-state index >= 15 is 0 Å². The van der Waals surface area contributed by atoms with E-state index in [9.17, 15) is 9.90 Å². The van der Waals surface area contributed by atoms with Crippen molar-refractivity contribution in [3.05, 3.63) is 42.0 Å². The van der Waals surface area contributed by atoms with Gasteiger partial charge in [0.1, 0.15) is 5.82 Å². The Balaban J connectivity index is 1.48. The quantitative estimate of drug-likeness (QED) is 0.280. The molecular formula is C25H34N4O4S. The largest absolute Gasteiger partial charge is 0.478 e. The van der Waals surface area contributed by atoms with E-state index in [4.69, 9.17) is 9.84 Å². The molecule has 1 amide bonds. The summed E-state index contributed by atoms with van der Waals surface area (Å²) in [6, 6.07) is 11.0. The van der Waals surface area contributed by atoms with Crippen LogP contribution in [-0.2, 0) is 0 Å². The van der Waals surface area contributed by atoms with Crippen LogP contribution >= 0.6 is 11.9 Å². The highest BCUT2D eigenvalue weighted by atomic mass is 32.2. The van der Waals surface area contributed by atoms with Gasteiger partial charge in [0.2, 0.25) is 5.88 Å². The van der Waals surface area contributed by atoms with Gasteiger partial charge in [-0.15, -0.1) is 0 Å². The van der Waals surface area contributed by atoms with Crippen molar-refractivity contribution in [3.8, 4) is 5.88 Å². The molecule has 2 aliphatic rings. The summed E-state index contributed by atoms with van der Waals surface area (Å²) >= 11 is 1.44. The van der Waals surface area contributed by atoms with Crippen LogP contribution in [-0.4, -0.2) is 59.3 Å². The van der Waals surface area contributed by atoms with Gasteiger partial charge in [-0.1, -0.05) is 18.0 Å². The summed E-state index contributed by atoms with van der Waals surface area (Å²) in [5.74, 6) is 1.20. The van der Waals surface area contributed by atoms with Crippen LogP contribution in [0.1, 0.15) is 49.4 Å². The first-order chi connectivity index (χ1) is 16.5. The Morgan fingerprint density at radius 3 is 2.74 bits per heavy atom. The lowest BCUT2D eigenvalue weighted by molar-refractivity contribution is 0.102. The predicted octanol–water partition coefficient (Wildman–Crippen LogP) is 3.92. The van der Waals surface area contributed by atoms with E-state index in [-0.39, 0.29) is 12.5 Å². The van der Waals surface area contributed by atoms with E-state index in [0.29, 0.717) is 41.5 Å². The number of carbonyl (C=O) groups excluding carboxylic acids is 1. The van der Waals surface area contributed by atoms with E-state index in [1.54, 1.807) is 25.1 Å². The van der Waals surface area contributed by atoms with Crippen LogP contribution in [0.4, 0.5) is 17.2 Å². The molecule has 4 rings (SSSR count). The summed E-state index contributed by atoms with van der Waals surface area (Å²) in [7, 11) is 0. The third kappa shape index (κ3) is 6.55. The van der Waals surface area contributed by atoms with Crippen molar-refractivity contribution in [2.75, 3.05) is 47.0 Å². The number of rotatable bonds is 11. The molecule has 0 bridgehead atoms. The molecule has 1 aliphatic heterocycles. The van der Waals surface area contributed by atoms with Crippen molar-refractivity contribution < 1.29 is 19.7 Å². The number of anilines is 3. The Bertz CT molecular complexity index is 973. The molecule has 4 N–H and O–H groups in total. The van der Waals surface area contributed by atoms with Crippen molar-refractivity contribution >= 4 is 35.0 Å². The van der Waals surface area contributed by atoms with Crippen molar-refractivity contribution in [3.63, 3.8) is 0 Å². The Morgan fingerprint density at radius 2 is 2.03 bits per heavy atom.